The van der Waals surface area contributed by atoms with Crippen LogP contribution in [0.25, 0.3) is 11.8 Å². The normalized spacial score (nSPS) is 16.2. The van der Waals surface area contributed by atoms with Gasteiger partial charge in [-0.25, -0.2) is 4.99 Å². The Hall–Kier alpha value is -3.50. The molecule has 2 aliphatic rings. The molecule has 0 spiro atoms. The number of rotatable bonds is 5. The molecule has 1 aromatic heterocycles. The van der Waals surface area contributed by atoms with Gasteiger partial charge in [-0.3, -0.25) is 14.2 Å². The Kier molecular flexibility index (Phi) is 6.99. The third-order valence-electron chi connectivity index (χ3n) is 6.86. The number of ether oxygens (including phenoxy) is 2. The maximum atomic E-state index is 14.0. The van der Waals surface area contributed by atoms with Crippen LogP contribution in [0.3, 0.4) is 0 Å². The minimum Gasteiger partial charge on any atom is -0.490 e. The predicted molar refractivity (Wildman–Crippen MR) is 161 cm³/mol. The van der Waals surface area contributed by atoms with Gasteiger partial charge in [-0.1, -0.05) is 65.9 Å². The number of halogens is 1. The fourth-order valence-corrected chi connectivity index (χ4v) is 7.02. The lowest BCUT2D eigenvalue weighted by Crippen LogP contribution is -2.38. The Balaban J connectivity index is 1.55. The second kappa shape index (κ2) is 10.6. The van der Waals surface area contributed by atoms with Gasteiger partial charge in [-0.15, -0.1) is 0 Å². The van der Waals surface area contributed by atoms with Gasteiger partial charge in [-0.2, -0.15) is 0 Å². The highest BCUT2D eigenvalue weighted by molar-refractivity contribution is 14.1. The van der Waals surface area contributed by atoms with Gasteiger partial charge in [0.1, 0.15) is 0 Å². The number of esters is 1. The van der Waals surface area contributed by atoms with E-state index in [1.807, 2.05) is 47.9 Å². The summed E-state index contributed by atoms with van der Waals surface area (Å²) in [6, 6.07) is 22.1. The lowest BCUT2D eigenvalue weighted by molar-refractivity contribution is -0.132. The van der Waals surface area contributed by atoms with E-state index >= 15 is 0 Å². The first-order valence-electron chi connectivity index (χ1n) is 12.8. The van der Waals surface area contributed by atoms with Crippen LogP contribution in [0.1, 0.15) is 48.6 Å². The zero-order valence-electron chi connectivity index (χ0n) is 21.4. The molecule has 0 radical (unpaired) electrons. The molecule has 0 saturated carbocycles. The van der Waals surface area contributed by atoms with E-state index < -0.39 is 5.97 Å². The molecule has 0 fully saturated rings. The van der Waals surface area contributed by atoms with Crippen molar-refractivity contribution in [2.75, 3.05) is 6.61 Å². The molecule has 1 atom stereocenters. The summed E-state index contributed by atoms with van der Waals surface area (Å²) in [5, 5.41) is 0. The van der Waals surface area contributed by atoms with Gasteiger partial charge in [0, 0.05) is 12.5 Å². The van der Waals surface area contributed by atoms with Crippen molar-refractivity contribution >= 4 is 51.7 Å². The van der Waals surface area contributed by atoms with Crippen LogP contribution in [0.5, 0.6) is 11.5 Å². The smallest absolute Gasteiger partial charge is 0.308 e. The van der Waals surface area contributed by atoms with Gasteiger partial charge in [-0.05, 0) is 82.8 Å². The van der Waals surface area contributed by atoms with Crippen LogP contribution in [0, 0.1) is 3.57 Å². The molecule has 196 valence electrons. The number of aromatic nitrogens is 1. The first kappa shape index (κ1) is 25.8. The Labute approximate surface area is 243 Å². The lowest BCUT2D eigenvalue weighted by Gasteiger charge is -2.30. The van der Waals surface area contributed by atoms with E-state index in [2.05, 4.69) is 52.9 Å². The molecule has 0 bridgehead atoms. The van der Waals surface area contributed by atoms with Gasteiger partial charge < -0.3 is 9.47 Å². The molecule has 1 aliphatic carbocycles. The number of benzene rings is 3. The van der Waals surface area contributed by atoms with Crippen molar-refractivity contribution in [3.05, 3.63) is 118 Å². The van der Waals surface area contributed by atoms with Crippen LogP contribution in [0.15, 0.2) is 82.1 Å². The minimum absolute atomic E-state index is 0.0740. The topological polar surface area (TPSA) is 69.9 Å². The van der Waals surface area contributed by atoms with Gasteiger partial charge in [0.25, 0.3) is 5.56 Å². The zero-order chi connectivity index (χ0) is 27.1. The van der Waals surface area contributed by atoms with Gasteiger partial charge in [0.15, 0.2) is 16.3 Å². The maximum absolute atomic E-state index is 14.0. The molecule has 0 N–H and O–H groups in total. The van der Waals surface area contributed by atoms with Crippen molar-refractivity contribution in [3.63, 3.8) is 0 Å². The van der Waals surface area contributed by atoms with E-state index in [1.165, 1.54) is 29.4 Å². The molecule has 8 heteroatoms. The number of nitrogens with zero attached hydrogens (tertiary/aromatic N) is 2. The molecule has 1 aliphatic heterocycles. The Bertz CT molecular complexity index is 1820. The average molecular weight is 649 g/mol. The van der Waals surface area contributed by atoms with E-state index in [0.29, 0.717) is 27.4 Å². The van der Waals surface area contributed by atoms with E-state index in [9.17, 15) is 9.59 Å². The Morgan fingerprint density at radius 2 is 1.90 bits per heavy atom. The molecule has 39 heavy (non-hydrogen) atoms. The SMILES string of the molecule is CCOc1cc(/C=c2/sc3n(c2=O)[C@H](c2ccccc2)C2=C(N=3)c3ccccc3CC2)cc(I)c1OC(C)=O. The first-order valence-corrected chi connectivity index (χ1v) is 14.7. The summed E-state index contributed by atoms with van der Waals surface area (Å²) in [6.07, 6.45) is 3.64. The number of hydrogen-bond donors (Lipinski definition) is 0. The van der Waals surface area contributed by atoms with E-state index in [0.717, 1.165) is 38.8 Å². The van der Waals surface area contributed by atoms with Crippen molar-refractivity contribution in [1.82, 2.24) is 4.57 Å². The van der Waals surface area contributed by atoms with E-state index in [-0.39, 0.29) is 11.6 Å². The summed E-state index contributed by atoms with van der Waals surface area (Å²) in [7, 11) is 0. The Morgan fingerprint density at radius 3 is 2.67 bits per heavy atom. The number of fused-ring (bicyclic) bond motifs is 3. The molecule has 3 aromatic carbocycles. The number of carbonyl (C=O) groups excluding carboxylic acids is 1. The number of carbonyl (C=O) groups is 1. The standard InChI is InChI=1S/C31H25IN2O4S/c1-3-37-25-16-19(15-24(32)29(25)38-18(2)35)17-26-30(36)34-28(21-10-5-4-6-11-21)23-14-13-20-9-7-8-12-22(20)27(23)33-31(34)39-26/h4-12,15-17,28H,3,13-14H2,1-2H3/b26-17+/t28-/m1/s1. The molecule has 0 amide bonds. The average Bonchev–Trinajstić information content (AvgIpc) is 3.24. The van der Waals surface area contributed by atoms with Crippen molar-refractivity contribution < 1.29 is 14.3 Å². The Morgan fingerprint density at radius 1 is 1.13 bits per heavy atom. The highest BCUT2D eigenvalue weighted by Crippen LogP contribution is 2.41. The van der Waals surface area contributed by atoms with Crippen molar-refractivity contribution in [3.8, 4) is 11.5 Å². The summed E-state index contributed by atoms with van der Waals surface area (Å²) in [6.45, 7) is 3.65. The fourth-order valence-electron chi connectivity index (χ4n) is 5.29. The second-order valence-corrected chi connectivity index (χ2v) is 11.6. The zero-order valence-corrected chi connectivity index (χ0v) is 24.4. The monoisotopic (exact) mass is 648 g/mol. The van der Waals surface area contributed by atoms with Crippen LogP contribution >= 0.6 is 33.9 Å². The van der Waals surface area contributed by atoms with Crippen molar-refractivity contribution in [2.45, 2.75) is 32.7 Å². The van der Waals surface area contributed by atoms with Crippen molar-refractivity contribution in [1.29, 1.82) is 0 Å². The van der Waals surface area contributed by atoms with E-state index in [4.69, 9.17) is 14.5 Å². The van der Waals surface area contributed by atoms with Gasteiger partial charge in [0.05, 0.1) is 26.4 Å². The number of aryl methyl sites for hydroxylation is 1. The minimum atomic E-state index is -0.415. The summed E-state index contributed by atoms with van der Waals surface area (Å²) in [4.78, 5) is 31.4. The van der Waals surface area contributed by atoms with Crippen LogP contribution in [-0.2, 0) is 11.2 Å². The van der Waals surface area contributed by atoms with Crippen molar-refractivity contribution in [2.24, 2.45) is 4.99 Å². The third-order valence-corrected chi connectivity index (χ3v) is 8.65. The first-order chi connectivity index (χ1) is 18.9. The highest BCUT2D eigenvalue weighted by Gasteiger charge is 2.32. The molecule has 2 heterocycles. The second-order valence-electron chi connectivity index (χ2n) is 9.38. The summed E-state index contributed by atoms with van der Waals surface area (Å²) in [5.74, 6) is 0.438. The maximum Gasteiger partial charge on any atom is 0.308 e. The van der Waals surface area contributed by atoms with Crippen LogP contribution in [-0.4, -0.2) is 17.1 Å². The van der Waals surface area contributed by atoms with E-state index in [1.54, 1.807) is 6.07 Å². The molecule has 0 unspecified atom stereocenters. The van der Waals surface area contributed by atoms with Crippen LogP contribution < -0.4 is 24.4 Å². The van der Waals surface area contributed by atoms with Crippen LogP contribution in [0.2, 0.25) is 0 Å². The molecular formula is C31H25IN2O4S. The molecule has 6 rings (SSSR count). The van der Waals surface area contributed by atoms with Gasteiger partial charge in [0.2, 0.25) is 0 Å². The number of hydrogen-bond acceptors (Lipinski definition) is 6. The fraction of sp³-hybridized carbons (Fsp3) is 0.194. The third kappa shape index (κ3) is 4.76. The highest BCUT2D eigenvalue weighted by atomic mass is 127. The molecule has 6 nitrogen and oxygen atoms in total. The lowest BCUT2D eigenvalue weighted by atomic mass is 9.83. The van der Waals surface area contributed by atoms with Gasteiger partial charge >= 0.3 is 5.97 Å². The van der Waals surface area contributed by atoms with Crippen LogP contribution in [0.4, 0.5) is 0 Å². The summed E-state index contributed by atoms with van der Waals surface area (Å²) < 4.78 is 14.3. The summed E-state index contributed by atoms with van der Waals surface area (Å²) >= 11 is 3.51. The molecule has 4 aromatic rings. The summed E-state index contributed by atoms with van der Waals surface area (Å²) in [5.41, 5.74) is 6.39. The number of thiazole rings is 1. The largest absolute Gasteiger partial charge is 0.490 e. The molecular weight excluding hydrogens is 623 g/mol. The number of allylic oxidation sites excluding steroid dienone is 1. The quantitative estimate of drug-likeness (QED) is 0.169. The molecule has 0 saturated heterocycles. The predicted octanol–water partition coefficient (Wildman–Crippen LogP) is 5.25.